The molecule has 0 aromatic heterocycles. The molecule has 1 atom stereocenters. The van der Waals surface area contributed by atoms with Gasteiger partial charge in [-0.25, -0.2) is 0 Å². The molecule has 1 unspecified atom stereocenters. The minimum absolute atomic E-state index is 0. The Hall–Kier alpha value is -1.13. The van der Waals surface area contributed by atoms with Crippen molar-refractivity contribution in [2.75, 3.05) is 0 Å². The van der Waals surface area contributed by atoms with Gasteiger partial charge in [-0.2, -0.15) is 15.0 Å². The maximum absolute atomic E-state index is 10.2. The number of benzene rings is 1. The van der Waals surface area contributed by atoms with Crippen LogP contribution in [0.25, 0.3) is 0 Å². The number of hydrogen-bond acceptors (Lipinski definition) is 5. The molecule has 172 valence electrons. The van der Waals surface area contributed by atoms with E-state index in [1.54, 1.807) is 0 Å². The molecule has 0 aliphatic heterocycles. The first kappa shape index (κ1) is 32.1. The normalized spacial score (nSPS) is 11.5. The molecule has 0 saturated heterocycles. The molecule has 10 heteroatoms. The van der Waals surface area contributed by atoms with Gasteiger partial charge in [-0.1, -0.05) is 64.2 Å². The number of rotatable bonds is 14. The van der Waals surface area contributed by atoms with E-state index in [1.807, 2.05) is 12.7 Å². The monoisotopic (exact) mass is 468 g/mol. The first-order chi connectivity index (χ1) is 14.1. The molecule has 0 aliphatic carbocycles. The van der Waals surface area contributed by atoms with E-state index < -0.39 is 33.7 Å². The number of carbonyl (C=O) groups is 2. The molecule has 0 saturated carbocycles. The number of hydrogen-bond donors (Lipinski definition) is 3. The van der Waals surface area contributed by atoms with E-state index >= 15 is 0 Å². The van der Waals surface area contributed by atoms with Gasteiger partial charge in [-0.05, 0) is 24.5 Å². The van der Waals surface area contributed by atoms with Gasteiger partial charge in [0.05, 0.1) is 12.2 Å². The first-order valence-electron chi connectivity index (χ1n) is 10.1. The maximum Gasteiger partial charge on any atom is 1.00 e. The first-order valence-corrected chi connectivity index (χ1v) is 11.6. The number of aliphatic carboxylic acids is 2. The van der Waals surface area contributed by atoms with Gasteiger partial charge in [0.25, 0.3) is 10.1 Å². The van der Waals surface area contributed by atoms with Crippen molar-refractivity contribution < 1.29 is 67.1 Å². The predicted octanol–water partition coefficient (Wildman–Crippen LogP) is 1.35. The van der Waals surface area contributed by atoms with Gasteiger partial charge in [0.15, 0.2) is 5.25 Å². The van der Waals surface area contributed by atoms with Gasteiger partial charge in [0, 0.05) is 0 Å². The second-order valence-electron chi connectivity index (χ2n) is 6.76. The fourth-order valence-electron chi connectivity index (χ4n) is 2.57. The van der Waals surface area contributed by atoms with Crippen molar-refractivity contribution in [3.8, 4) is 5.75 Å². The fourth-order valence-corrected chi connectivity index (χ4v) is 3.18. The molecule has 0 amide bonds. The van der Waals surface area contributed by atoms with Crippen molar-refractivity contribution in [2.45, 2.75) is 76.9 Å². The zero-order chi connectivity index (χ0) is 23.0. The Bertz CT molecular complexity index is 737. The molecule has 0 aliphatic rings. The Labute approximate surface area is 207 Å². The average molecular weight is 469 g/mol. The van der Waals surface area contributed by atoms with E-state index in [4.69, 9.17) is 19.5 Å². The standard InChI is InChI=1S/C17H27O.C4H6O7S.Na/c1-3-5-6-7-8-9-12-16-13-10-11-14-17(16)18-15-4-2;5-3(6)1-2(4(7)8)12(9,10)11;/h10-11,13-15H,3-9,12H2,1-2H3;2H,1H2,(H,5,6)(H,7,8)(H,9,10,11);/q-1;;+1. The van der Waals surface area contributed by atoms with Crippen molar-refractivity contribution in [3.63, 3.8) is 0 Å². The van der Waals surface area contributed by atoms with E-state index in [-0.39, 0.29) is 29.6 Å². The van der Waals surface area contributed by atoms with Crippen molar-refractivity contribution in [3.05, 3.63) is 36.4 Å². The van der Waals surface area contributed by atoms with Crippen LogP contribution in [-0.4, -0.2) is 40.4 Å². The molecule has 0 heterocycles. The summed E-state index contributed by atoms with van der Waals surface area (Å²) in [6, 6.07) is 8.40. The van der Waals surface area contributed by atoms with Crippen LogP contribution in [0.3, 0.4) is 0 Å². The number of aryl methyl sites for hydroxylation is 1. The Morgan fingerprint density at radius 2 is 1.61 bits per heavy atom. The summed E-state index contributed by atoms with van der Waals surface area (Å²) in [7, 11) is -4.84. The van der Waals surface area contributed by atoms with E-state index in [2.05, 4.69) is 32.0 Å². The van der Waals surface area contributed by atoms with E-state index in [1.165, 1.54) is 44.1 Å². The quantitative estimate of drug-likeness (QED) is 0.161. The second-order valence-corrected chi connectivity index (χ2v) is 8.36. The molecule has 1 aromatic carbocycles. The fraction of sp³-hybridized carbons (Fsp3) is 0.571. The average Bonchev–Trinajstić information content (AvgIpc) is 2.67. The van der Waals surface area contributed by atoms with Gasteiger partial charge >= 0.3 is 41.5 Å². The number of para-hydroxylation sites is 1. The summed E-state index contributed by atoms with van der Waals surface area (Å²) in [5, 5.41) is 13.9. The van der Waals surface area contributed by atoms with Crippen LogP contribution >= 0.6 is 0 Å². The Kier molecular flexibility index (Phi) is 19.1. The summed E-state index contributed by atoms with van der Waals surface area (Å²) in [5.41, 5.74) is 1.35. The van der Waals surface area contributed by atoms with E-state index in [9.17, 15) is 18.0 Å². The minimum Gasteiger partial charge on any atom is -0.662 e. The van der Waals surface area contributed by atoms with Crippen LogP contribution in [0, 0.1) is 6.61 Å². The largest absolute Gasteiger partial charge is 1.00 e. The van der Waals surface area contributed by atoms with Crippen molar-refractivity contribution >= 4 is 22.1 Å². The van der Waals surface area contributed by atoms with Crippen LogP contribution in [0.4, 0.5) is 0 Å². The number of carboxylic acid groups (broad SMARTS) is 2. The van der Waals surface area contributed by atoms with Crippen LogP contribution in [0.1, 0.15) is 70.8 Å². The van der Waals surface area contributed by atoms with Crippen LogP contribution in [0.2, 0.25) is 0 Å². The summed E-state index contributed by atoms with van der Waals surface area (Å²) in [6.07, 6.45) is 9.01. The van der Waals surface area contributed by atoms with E-state index in [0.29, 0.717) is 0 Å². The maximum atomic E-state index is 10.2. The number of carboxylic acids is 2. The summed E-state index contributed by atoms with van der Waals surface area (Å²) < 4.78 is 34.3. The van der Waals surface area contributed by atoms with Gasteiger partial charge < -0.3 is 14.9 Å². The van der Waals surface area contributed by atoms with Crippen LogP contribution in [-0.2, 0) is 26.1 Å². The van der Waals surface area contributed by atoms with Crippen LogP contribution < -0.4 is 34.3 Å². The Morgan fingerprint density at radius 3 is 2.10 bits per heavy atom. The summed E-state index contributed by atoms with van der Waals surface area (Å²) in [6.45, 7) is 6.23. The third-order valence-corrected chi connectivity index (χ3v) is 5.23. The van der Waals surface area contributed by atoms with Gasteiger partial charge in [-0.15, -0.1) is 6.42 Å². The molecule has 8 nitrogen and oxygen atoms in total. The minimum atomic E-state index is -4.84. The van der Waals surface area contributed by atoms with Gasteiger partial charge in [-0.3, -0.25) is 14.1 Å². The van der Waals surface area contributed by atoms with Crippen LogP contribution in [0.5, 0.6) is 5.75 Å². The predicted molar refractivity (Wildman–Crippen MR) is 114 cm³/mol. The molecule has 1 rings (SSSR count). The Balaban J connectivity index is 0. The SMILES string of the molecule is CC[CH-]Oc1ccccc1CCCCCCCC.O=C(O)CC(C(=O)O)S(=O)(=O)O.[Na+]. The number of unbranched alkanes of at least 4 members (excludes halogenated alkanes) is 5. The smallest absolute Gasteiger partial charge is 0.662 e. The van der Waals surface area contributed by atoms with Gasteiger partial charge in [0.1, 0.15) is 0 Å². The molecule has 0 bridgehead atoms. The summed E-state index contributed by atoms with van der Waals surface area (Å²) in [4.78, 5) is 20.0. The molecule has 3 N–H and O–H groups in total. The van der Waals surface area contributed by atoms with E-state index in [0.717, 1.165) is 18.6 Å². The molecule has 0 radical (unpaired) electrons. The summed E-state index contributed by atoms with van der Waals surface area (Å²) in [5.74, 6) is -2.46. The zero-order valence-corrected chi connectivity index (χ0v) is 21.4. The topological polar surface area (TPSA) is 138 Å². The molecule has 1 aromatic rings. The van der Waals surface area contributed by atoms with Crippen molar-refractivity contribution in [1.29, 1.82) is 0 Å². The number of ether oxygens (including phenoxy) is 1. The zero-order valence-electron chi connectivity index (χ0n) is 18.6. The third kappa shape index (κ3) is 16.2. The Morgan fingerprint density at radius 1 is 1.03 bits per heavy atom. The second kappa shape index (κ2) is 18.4. The molecular weight excluding hydrogens is 435 g/mol. The molecule has 0 fully saturated rings. The van der Waals surface area contributed by atoms with Crippen molar-refractivity contribution in [1.82, 2.24) is 0 Å². The third-order valence-electron chi connectivity index (χ3n) is 4.14. The van der Waals surface area contributed by atoms with Crippen LogP contribution in [0.15, 0.2) is 24.3 Å². The van der Waals surface area contributed by atoms with Crippen molar-refractivity contribution in [2.24, 2.45) is 0 Å². The summed E-state index contributed by atoms with van der Waals surface area (Å²) >= 11 is 0. The molecular formula is C21H33NaO8S. The molecule has 0 spiro atoms. The van der Waals surface area contributed by atoms with Gasteiger partial charge in [0.2, 0.25) is 0 Å². The molecule has 31 heavy (non-hydrogen) atoms.